The van der Waals surface area contributed by atoms with Gasteiger partial charge in [-0.3, -0.25) is 18.6 Å². The van der Waals surface area contributed by atoms with Gasteiger partial charge in [0.15, 0.2) is 6.10 Å². The van der Waals surface area contributed by atoms with Gasteiger partial charge in [0, 0.05) is 12.8 Å². The van der Waals surface area contributed by atoms with Gasteiger partial charge in [-0.15, -0.1) is 0 Å². The molecule has 1 saturated heterocycles. The third kappa shape index (κ3) is 25.5. The Bertz CT molecular complexity index is 1430. The van der Waals surface area contributed by atoms with Gasteiger partial charge in [-0.1, -0.05) is 125 Å². The zero-order chi connectivity index (χ0) is 45.4. The van der Waals surface area contributed by atoms with Crippen LogP contribution >= 0.6 is 7.82 Å². The third-order valence-electron chi connectivity index (χ3n) is 10.4. The summed E-state index contributed by atoms with van der Waals surface area (Å²) in [6, 6.07) is 0. The predicted octanol–water partition coefficient (Wildman–Crippen LogP) is 7.71. The summed E-state index contributed by atoms with van der Waals surface area (Å²) in [4.78, 5) is 35.6. The highest BCUT2D eigenvalue weighted by molar-refractivity contribution is 7.47. The summed E-state index contributed by atoms with van der Waals surface area (Å²) in [6.07, 6.45) is 30.1. The summed E-state index contributed by atoms with van der Waals surface area (Å²) in [5.74, 6) is -1.22. The average molecular weight is 897 g/mol. The molecule has 0 amide bonds. The maximum absolute atomic E-state index is 12.8. The number of ether oxygens (including phenoxy) is 3. The largest absolute Gasteiger partial charge is 0.472 e. The second-order valence-corrected chi connectivity index (χ2v) is 17.3. The smallest absolute Gasteiger partial charge is 0.462 e. The number of rotatable bonds is 35. The first kappa shape index (κ1) is 55.4. The normalized spacial score (nSPS) is 25.8. The molecule has 6 N–H and O–H groups in total. The molecule has 0 spiro atoms. The number of hydrogen-bond donors (Lipinski definition) is 6. The zero-order valence-corrected chi connectivity index (χ0v) is 38.0. The molecule has 354 valence electrons. The predicted molar refractivity (Wildman–Crippen MR) is 239 cm³/mol. The molecule has 62 heavy (non-hydrogen) atoms. The molecule has 1 heterocycles. The minimum absolute atomic E-state index is 0.0368. The van der Waals surface area contributed by atoms with Crippen LogP contribution in [0.15, 0.2) is 72.9 Å². The number of aliphatic hydroxyl groups is 5. The number of unbranched alkanes of at least 4 members (excludes halogenated alkanes) is 9. The van der Waals surface area contributed by atoms with Crippen molar-refractivity contribution in [1.82, 2.24) is 0 Å². The zero-order valence-electron chi connectivity index (χ0n) is 37.1. The Labute approximate surface area is 370 Å². The molecule has 10 atom stereocenters. The molecular weight excluding hydrogens is 819 g/mol. The second-order valence-electron chi connectivity index (χ2n) is 15.9. The van der Waals surface area contributed by atoms with Crippen LogP contribution in [0.2, 0.25) is 0 Å². The van der Waals surface area contributed by atoms with Gasteiger partial charge in [-0.2, -0.15) is 0 Å². The van der Waals surface area contributed by atoms with Crippen molar-refractivity contribution in [2.75, 3.05) is 13.2 Å². The molecule has 1 saturated carbocycles. The lowest BCUT2D eigenvalue weighted by atomic mass is 9.85. The van der Waals surface area contributed by atoms with Crippen molar-refractivity contribution < 1.29 is 67.8 Å². The molecule has 0 aromatic carbocycles. The van der Waals surface area contributed by atoms with Crippen molar-refractivity contribution in [3.63, 3.8) is 0 Å². The number of phosphoric acid groups is 1. The minimum atomic E-state index is -5.15. The summed E-state index contributed by atoms with van der Waals surface area (Å²) in [6.45, 7) is 3.08. The van der Waals surface area contributed by atoms with E-state index in [1.165, 1.54) is 25.7 Å². The molecule has 14 nitrogen and oxygen atoms in total. The summed E-state index contributed by atoms with van der Waals surface area (Å²) < 4.78 is 39.1. The third-order valence-corrected chi connectivity index (χ3v) is 11.4. The number of epoxide rings is 1. The molecule has 0 bridgehead atoms. The van der Waals surface area contributed by atoms with Crippen LogP contribution in [0.3, 0.4) is 0 Å². The number of phosphoric ester groups is 1. The van der Waals surface area contributed by atoms with Crippen LogP contribution in [0.25, 0.3) is 0 Å². The fourth-order valence-electron chi connectivity index (χ4n) is 6.64. The van der Waals surface area contributed by atoms with Gasteiger partial charge in [0.1, 0.15) is 43.2 Å². The van der Waals surface area contributed by atoms with E-state index in [9.17, 15) is 44.6 Å². The molecule has 2 aliphatic rings. The molecular formula is C47H77O14P. The van der Waals surface area contributed by atoms with E-state index in [0.29, 0.717) is 31.5 Å². The number of hydrogen-bond acceptors (Lipinski definition) is 13. The second kappa shape index (κ2) is 33.7. The van der Waals surface area contributed by atoms with Crippen molar-refractivity contribution in [2.45, 2.75) is 197 Å². The first-order valence-electron chi connectivity index (χ1n) is 22.9. The van der Waals surface area contributed by atoms with Gasteiger partial charge in [-0.05, 0) is 77.0 Å². The highest BCUT2D eigenvalue weighted by atomic mass is 31.2. The van der Waals surface area contributed by atoms with Crippen LogP contribution in [0.1, 0.15) is 142 Å². The van der Waals surface area contributed by atoms with Crippen LogP contribution < -0.4 is 0 Å². The molecule has 0 aromatic rings. The lowest BCUT2D eigenvalue weighted by Gasteiger charge is -2.41. The number of carbonyl (C=O) groups is 2. The van der Waals surface area contributed by atoms with E-state index < -0.39 is 75.7 Å². The Balaban J connectivity index is 1.75. The van der Waals surface area contributed by atoms with Crippen molar-refractivity contribution in [2.24, 2.45) is 0 Å². The van der Waals surface area contributed by atoms with Gasteiger partial charge in [0.25, 0.3) is 0 Å². The van der Waals surface area contributed by atoms with Crippen LogP contribution in [-0.4, -0.2) is 111 Å². The van der Waals surface area contributed by atoms with E-state index in [1.54, 1.807) is 0 Å². The van der Waals surface area contributed by atoms with Crippen molar-refractivity contribution in [1.29, 1.82) is 0 Å². The lowest BCUT2D eigenvalue weighted by Crippen LogP contribution is -2.64. The lowest BCUT2D eigenvalue weighted by molar-refractivity contribution is -0.220. The standard InChI is InChI=1S/C47H77O14P/c1-3-5-7-8-9-10-11-12-16-19-22-25-29-33-40(48)57-35-37(36-58-62(55,56)61-47-45(53)43(51)42(50)44(52)46(47)54)59-41(49)34-30-26-23-20-17-14-13-15-18-21-24-28-32-39-38(60-39)31-27-6-4-2/h6,10-11,14-15,17-18,23-24,26-28,37-39,42-47,50-54H,3-5,7-9,12-13,16,19-22,25,29-36H2,1-2H3,(H,55,56)/b11-10-,17-14-,18-15-,26-23-,27-6-,28-24-/t37-,38?,39?,42?,43-,44+,45-,46-,47?/m1/s1. The van der Waals surface area contributed by atoms with E-state index in [0.717, 1.165) is 70.6 Å². The summed E-state index contributed by atoms with van der Waals surface area (Å²) in [5.41, 5.74) is 0. The van der Waals surface area contributed by atoms with Crippen molar-refractivity contribution in [3.8, 4) is 0 Å². The maximum atomic E-state index is 12.8. The first-order chi connectivity index (χ1) is 29.9. The fraction of sp³-hybridized carbons (Fsp3) is 0.702. The SMILES string of the molecule is CC/C=C\CC1OC1C/C=C\C/C=C\C/C=C\C/C=C\CCC(=O)O[C@H](COC(=O)CCCCCCC/C=C\CCCCCC)COP(=O)(O)OC1[C@H](O)[C@H](O)C(O)[C@H](O)[C@H]1O. The molecule has 2 fully saturated rings. The van der Waals surface area contributed by atoms with E-state index in [2.05, 4.69) is 68.5 Å². The highest BCUT2D eigenvalue weighted by Gasteiger charge is 2.51. The maximum Gasteiger partial charge on any atom is 0.472 e. The molecule has 2 rings (SSSR count). The van der Waals surface area contributed by atoms with E-state index >= 15 is 0 Å². The van der Waals surface area contributed by atoms with Crippen LogP contribution in [-0.2, 0) is 37.4 Å². The Hall–Kier alpha value is -2.75. The Morgan fingerprint density at radius 2 is 1.08 bits per heavy atom. The monoisotopic (exact) mass is 897 g/mol. The Morgan fingerprint density at radius 3 is 1.68 bits per heavy atom. The van der Waals surface area contributed by atoms with E-state index in [1.807, 2.05) is 18.2 Å². The quantitative estimate of drug-likeness (QED) is 0.0118. The first-order valence-corrected chi connectivity index (χ1v) is 24.4. The van der Waals surface area contributed by atoms with Crippen LogP contribution in [0, 0.1) is 0 Å². The number of aliphatic hydroxyl groups excluding tert-OH is 5. The fourth-order valence-corrected chi connectivity index (χ4v) is 7.61. The van der Waals surface area contributed by atoms with E-state index in [-0.39, 0.29) is 12.8 Å². The summed E-state index contributed by atoms with van der Waals surface area (Å²) in [5, 5.41) is 50.1. The van der Waals surface area contributed by atoms with Gasteiger partial charge < -0.3 is 44.6 Å². The van der Waals surface area contributed by atoms with Gasteiger partial charge >= 0.3 is 19.8 Å². The van der Waals surface area contributed by atoms with Gasteiger partial charge in [0.2, 0.25) is 0 Å². The molecule has 5 unspecified atom stereocenters. The molecule has 1 aliphatic heterocycles. The highest BCUT2D eigenvalue weighted by Crippen LogP contribution is 2.47. The molecule has 0 aromatic heterocycles. The number of carbonyl (C=O) groups excluding carboxylic acids is 2. The van der Waals surface area contributed by atoms with Crippen molar-refractivity contribution in [3.05, 3.63) is 72.9 Å². The molecule has 1 aliphatic carbocycles. The summed E-state index contributed by atoms with van der Waals surface area (Å²) >= 11 is 0. The van der Waals surface area contributed by atoms with E-state index in [4.69, 9.17) is 23.3 Å². The van der Waals surface area contributed by atoms with Crippen LogP contribution in [0.5, 0.6) is 0 Å². The van der Waals surface area contributed by atoms with Crippen LogP contribution in [0.4, 0.5) is 0 Å². The summed E-state index contributed by atoms with van der Waals surface area (Å²) in [7, 11) is -5.15. The molecule has 0 radical (unpaired) electrons. The number of esters is 2. The van der Waals surface area contributed by atoms with Gasteiger partial charge in [0.05, 0.1) is 18.8 Å². The topological polar surface area (TPSA) is 222 Å². The Morgan fingerprint density at radius 1 is 0.581 bits per heavy atom. The van der Waals surface area contributed by atoms with Gasteiger partial charge in [-0.25, -0.2) is 4.57 Å². The molecule has 15 heteroatoms. The minimum Gasteiger partial charge on any atom is -0.462 e. The number of allylic oxidation sites excluding steroid dienone is 10. The van der Waals surface area contributed by atoms with Crippen molar-refractivity contribution >= 4 is 19.8 Å². The average Bonchev–Trinajstić information content (AvgIpc) is 4.01. The Kier molecular flexibility index (Phi) is 30.1.